The number of carbonyl (C=O) groups is 1. The number of nitrogens with zero attached hydrogens (tertiary/aromatic N) is 3. The largest absolute Gasteiger partial charge is 0.339 e. The average molecular weight is 344 g/mol. The van der Waals surface area contributed by atoms with Gasteiger partial charge in [0.15, 0.2) is 5.82 Å². The molecule has 0 bridgehead atoms. The van der Waals surface area contributed by atoms with Crippen molar-refractivity contribution in [1.82, 2.24) is 15.0 Å². The van der Waals surface area contributed by atoms with Gasteiger partial charge in [-0.3, -0.25) is 9.69 Å². The van der Waals surface area contributed by atoms with Crippen LogP contribution in [0.25, 0.3) is 0 Å². The Kier molecular flexibility index (Phi) is 5.62. The number of aromatic nitrogens is 2. The Morgan fingerprint density at radius 1 is 1.20 bits per heavy atom. The molecule has 0 saturated heterocycles. The number of anilines is 1. The fourth-order valence-corrected chi connectivity index (χ4v) is 2.72. The predicted molar refractivity (Wildman–Crippen MR) is 98.6 cm³/mol. The summed E-state index contributed by atoms with van der Waals surface area (Å²) < 4.78 is 5.28. The topological polar surface area (TPSA) is 71.3 Å². The smallest absolute Gasteiger partial charge is 0.238 e. The maximum Gasteiger partial charge on any atom is 0.238 e. The third kappa shape index (κ3) is 5.13. The number of nitrogens with one attached hydrogen (secondary N) is 1. The molecule has 136 valence electrons. The van der Waals surface area contributed by atoms with Gasteiger partial charge in [0.2, 0.25) is 11.8 Å². The van der Waals surface area contributed by atoms with E-state index in [4.69, 9.17) is 4.52 Å². The fraction of sp³-hybridized carbons (Fsp3) is 0.526. The van der Waals surface area contributed by atoms with E-state index in [0.717, 1.165) is 16.8 Å². The molecule has 0 radical (unpaired) electrons. The summed E-state index contributed by atoms with van der Waals surface area (Å²) in [7, 11) is 1.86. The van der Waals surface area contributed by atoms with Gasteiger partial charge < -0.3 is 9.84 Å². The molecule has 0 saturated carbocycles. The number of rotatable bonds is 5. The summed E-state index contributed by atoms with van der Waals surface area (Å²) in [5.41, 5.74) is 4.04. The summed E-state index contributed by atoms with van der Waals surface area (Å²) in [5, 5.41) is 7.00. The summed E-state index contributed by atoms with van der Waals surface area (Å²) in [6.45, 7) is 12.8. The Bertz CT molecular complexity index is 736. The highest BCUT2D eigenvalue weighted by atomic mass is 16.5. The van der Waals surface area contributed by atoms with Gasteiger partial charge in [0.1, 0.15) is 0 Å². The van der Waals surface area contributed by atoms with Gasteiger partial charge in [-0.1, -0.05) is 43.6 Å². The highest BCUT2D eigenvalue weighted by molar-refractivity contribution is 5.93. The summed E-state index contributed by atoms with van der Waals surface area (Å²) in [4.78, 5) is 18.6. The molecule has 6 nitrogen and oxygen atoms in total. The minimum absolute atomic E-state index is 0.0582. The standard InChI is InChI=1S/C19H28N4O2/c1-12-8-13(2)17(14(3)9-12)21-16(24)11-23(7)10-15-20-18(25-22-15)19(4,5)6/h8-9H,10-11H2,1-7H3,(H,21,24). The van der Waals surface area contributed by atoms with Crippen LogP contribution in [-0.4, -0.2) is 34.5 Å². The quantitative estimate of drug-likeness (QED) is 0.900. The molecule has 2 rings (SSSR count). The van der Waals surface area contributed by atoms with Crippen molar-refractivity contribution in [1.29, 1.82) is 0 Å². The number of likely N-dealkylation sites (N-methyl/N-ethyl adjacent to an activating group) is 1. The molecule has 1 amide bonds. The molecule has 1 aromatic heterocycles. The third-order valence-corrected chi connectivity index (χ3v) is 3.88. The highest BCUT2D eigenvalue weighted by Crippen LogP contribution is 2.22. The molecule has 0 fully saturated rings. The van der Waals surface area contributed by atoms with Crippen LogP contribution in [0.5, 0.6) is 0 Å². The Labute approximate surface area is 149 Å². The van der Waals surface area contributed by atoms with Crippen molar-refractivity contribution < 1.29 is 9.32 Å². The molecule has 1 aromatic carbocycles. The van der Waals surface area contributed by atoms with Crippen molar-refractivity contribution in [2.24, 2.45) is 0 Å². The van der Waals surface area contributed by atoms with Crippen LogP contribution in [0, 0.1) is 20.8 Å². The number of aryl methyl sites for hydroxylation is 3. The van der Waals surface area contributed by atoms with Crippen molar-refractivity contribution in [2.75, 3.05) is 18.9 Å². The second-order valence-corrected chi connectivity index (χ2v) is 7.76. The van der Waals surface area contributed by atoms with E-state index in [-0.39, 0.29) is 17.9 Å². The molecule has 0 aliphatic carbocycles. The summed E-state index contributed by atoms with van der Waals surface area (Å²) >= 11 is 0. The first-order valence-corrected chi connectivity index (χ1v) is 8.45. The number of carbonyl (C=O) groups excluding carboxylic acids is 1. The number of amides is 1. The lowest BCUT2D eigenvalue weighted by molar-refractivity contribution is -0.117. The maximum atomic E-state index is 12.3. The lowest BCUT2D eigenvalue weighted by atomic mass is 9.97. The minimum atomic E-state index is -0.179. The zero-order chi connectivity index (χ0) is 18.8. The van der Waals surface area contributed by atoms with E-state index in [1.165, 1.54) is 5.56 Å². The van der Waals surface area contributed by atoms with Gasteiger partial charge in [-0.05, 0) is 38.9 Å². The molecule has 1 heterocycles. The van der Waals surface area contributed by atoms with Crippen LogP contribution in [0.15, 0.2) is 16.7 Å². The minimum Gasteiger partial charge on any atom is -0.339 e. The first-order valence-electron chi connectivity index (χ1n) is 8.45. The van der Waals surface area contributed by atoms with Crippen LogP contribution in [0.2, 0.25) is 0 Å². The summed E-state index contributed by atoms with van der Waals surface area (Å²) in [6, 6.07) is 4.14. The molecule has 0 aliphatic heterocycles. The van der Waals surface area contributed by atoms with Crippen LogP contribution in [0.4, 0.5) is 5.69 Å². The average Bonchev–Trinajstić information content (AvgIpc) is 2.91. The van der Waals surface area contributed by atoms with Crippen LogP contribution in [0.1, 0.15) is 49.2 Å². The molecule has 2 aromatic rings. The van der Waals surface area contributed by atoms with Gasteiger partial charge in [-0.25, -0.2) is 0 Å². The number of hydrogen-bond donors (Lipinski definition) is 1. The normalized spacial score (nSPS) is 11.8. The van der Waals surface area contributed by atoms with Crippen LogP contribution >= 0.6 is 0 Å². The Balaban J connectivity index is 1.96. The van der Waals surface area contributed by atoms with E-state index in [1.807, 2.05) is 46.6 Å². The molecule has 25 heavy (non-hydrogen) atoms. The van der Waals surface area contributed by atoms with E-state index in [1.54, 1.807) is 0 Å². The Morgan fingerprint density at radius 2 is 1.80 bits per heavy atom. The third-order valence-electron chi connectivity index (χ3n) is 3.88. The zero-order valence-corrected chi connectivity index (χ0v) is 16.2. The van der Waals surface area contributed by atoms with E-state index in [9.17, 15) is 4.79 Å². The van der Waals surface area contributed by atoms with Gasteiger partial charge in [-0.15, -0.1) is 0 Å². The number of benzene rings is 1. The molecule has 0 atom stereocenters. The lowest BCUT2D eigenvalue weighted by Crippen LogP contribution is -2.30. The van der Waals surface area contributed by atoms with Crippen LogP contribution in [-0.2, 0) is 16.8 Å². The SMILES string of the molecule is Cc1cc(C)c(NC(=O)CN(C)Cc2noc(C(C)(C)C)n2)c(C)c1. The van der Waals surface area contributed by atoms with Gasteiger partial charge >= 0.3 is 0 Å². The first-order chi connectivity index (χ1) is 11.6. The lowest BCUT2D eigenvalue weighted by Gasteiger charge is -2.17. The van der Waals surface area contributed by atoms with Crippen molar-refractivity contribution in [3.05, 3.63) is 40.5 Å². The Hall–Kier alpha value is -2.21. The molecule has 0 spiro atoms. The van der Waals surface area contributed by atoms with Gasteiger partial charge in [-0.2, -0.15) is 4.98 Å². The monoisotopic (exact) mass is 344 g/mol. The second kappa shape index (κ2) is 7.35. The van der Waals surface area contributed by atoms with Gasteiger partial charge in [0.05, 0.1) is 13.1 Å². The van der Waals surface area contributed by atoms with Crippen molar-refractivity contribution >= 4 is 11.6 Å². The summed E-state index contributed by atoms with van der Waals surface area (Å²) in [5.74, 6) is 1.13. The van der Waals surface area contributed by atoms with Gasteiger partial charge in [0, 0.05) is 11.1 Å². The number of hydrogen-bond acceptors (Lipinski definition) is 5. The fourth-order valence-electron chi connectivity index (χ4n) is 2.72. The highest BCUT2D eigenvalue weighted by Gasteiger charge is 2.22. The molecule has 0 aliphatic rings. The maximum absolute atomic E-state index is 12.3. The van der Waals surface area contributed by atoms with E-state index in [2.05, 4.69) is 34.5 Å². The van der Waals surface area contributed by atoms with E-state index in [0.29, 0.717) is 18.3 Å². The molecular weight excluding hydrogens is 316 g/mol. The van der Waals surface area contributed by atoms with E-state index < -0.39 is 0 Å². The van der Waals surface area contributed by atoms with Crippen LogP contribution < -0.4 is 5.32 Å². The zero-order valence-electron chi connectivity index (χ0n) is 16.2. The molecular formula is C19H28N4O2. The van der Waals surface area contributed by atoms with Crippen molar-refractivity contribution in [3.8, 4) is 0 Å². The summed E-state index contributed by atoms with van der Waals surface area (Å²) in [6.07, 6.45) is 0. The molecule has 1 N–H and O–H groups in total. The second-order valence-electron chi connectivity index (χ2n) is 7.76. The molecule has 6 heteroatoms. The Morgan fingerprint density at radius 3 is 2.32 bits per heavy atom. The van der Waals surface area contributed by atoms with Crippen molar-refractivity contribution in [2.45, 2.75) is 53.5 Å². The van der Waals surface area contributed by atoms with Crippen LogP contribution in [0.3, 0.4) is 0 Å². The van der Waals surface area contributed by atoms with E-state index >= 15 is 0 Å². The first kappa shape index (κ1) is 19.1. The van der Waals surface area contributed by atoms with Crippen molar-refractivity contribution in [3.63, 3.8) is 0 Å². The van der Waals surface area contributed by atoms with Gasteiger partial charge in [0.25, 0.3) is 0 Å². The molecule has 0 unspecified atom stereocenters. The predicted octanol–water partition coefficient (Wildman–Crippen LogP) is 3.36.